The second kappa shape index (κ2) is 5.72. The van der Waals surface area contributed by atoms with E-state index in [-0.39, 0.29) is 13.0 Å². The normalized spacial score (nSPS) is 19.0. The van der Waals surface area contributed by atoms with Crippen LogP contribution in [0.4, 0.5) is 4.79 Å². The van der Waals surface area contributed by atoms with E-state index < -0.39 is 35.4 Å². The van der Waals surface area contributed by atoms with Crippen molar-refractivity contribution in [2.24, 2.45) is 0 Å². The Bertz CT molecular complexity index is 472. The monoisotopic (exact) mass is 283 g/mol. The Morgan fingerprint density at radius 1 is 1.55 bits per heavy atom. The largest absolute Gasteiger partial charge is 0.480 e. The van der Waals surface area contributed by atoms with Crippen LogP contribution in [0.5, 0.6) is 0 Å². The van der Waals surface area contributed by atoms with Gasteiger partial charge in [-0.3, -0.25) is 14.9 Å². The van der Waals surface area contributed by atoms with Gasteiger partial charge in [-0.2, -0.15) is 0 Å². The number of piperazine rings is 1. The van der Waals surface area contributed by atoms with Crippen molar-refractivity contribution in [2.75, 3.05) is 6.54 Å². The number of carbonyl (C=O) groups is 4. The smallest absolute Gasteiger partial charge is 0.326 e. The maximum absolute atomic E-state index is 12.1. The van der Waals surface area contributed by atoms with Crippen LogP contribution in [-0.2, 0) is 14.4 Å². The maximum atomic E-state index is 12.1. The van der Waals surface area contributed by atoms with E-state index in [4.69, 9.17) is 5.11 Å². The lowest BCUT2D eigenvalue weighted by Gasteiger charge is -2.40. The number of imide groups is 1. The maximum Gasteiger partial charge on any atom is 0.326 e. The average Bonchev–Trinajstić information content (AvgIpc) is 2.33. The minimum Gasteiger partial charge on any atom is -0.480 e. The summed E-state index contributed by atoms with van der Waals surface area (Å²) in [5.41, 5.74) is -1.24. The molecule has 0 saturated carbocycles. The first-order valence-corrected chi connectivity index (χ1v) is 5.96. The first kappa shape index (κ1) is 15.7. The van der Waals surface area contributed by atoms with Crippen molar-refractivity contribution in [3.05, 3.63) is 12.7 Å². The van der Waals surface area contributed by atoms with E-state index in [2.05, 4.69) is 17.2 Å². The summed E-state index contributed by atoms with van der Waals surface area (Å²) in [6.07, 6.45) is 1.40. The molecule has 0 radical (unpaired) electrons. The average molecular weight is 283 g/mol. The molecule has 20 heavy (non-hydrogen) atoms. The van der Waals surface area contributed by atoms with Crippen molar-refractivity contribution in [3.63, 3.8) is 0 Å². The van der Waals surface area contributed by atoms with Gasteiger partial charge in [-0.1, -0.05) is 6.08 Å². The zero-order valence-electron chi connectivity index (χ0n) is 11.3. The third kappa shape index (κ3) is 3.14. The molecule has 3 N–H and O–H groups in total. The number of urea groups is 1. The van der Waals surface area contributed by atoms with Crippen LogP contribution in [0, 0.1) is 0 Å². The third-order valence-electron chi connectivity index (χ3n) is 3.03. The fourth-order valence-electron chi connectivity index (χ4n) is 1.72. The summed E-state index contributed by atoms with van der Waals surface area (Å²) < 4.78 is 0. The van der Waals surface area contributed by atoms with Crippen molar-refractivity contribution < 1.29 is 24.3 Å². The highest BCUT2D eigenvalue weighted by Gasteiger charge is 2.44. The molecule has 0 aliphatic carbocycles. The van der Waals surface area contributed by atoms with Crippen molar-refractivity contribution in [1.29, 1.82) is 0 Å². The summed E-state index contributed by atoms with van der Waals surface area (Å²) in [5, 5.41) is 13.3. The summed E-state index contributed by atoms with van der Waals surface area (Å²) in [5.74, 6) is -2.44. The Kier molecular flexibility index (Phi) is 4.49. The van der Waals surface area contributed by atoms with Crippen LogP contribution in [-0.4, -0.2) is 51.9 Å². The highest BCUT2D eigenvalue weighted by atomic mass is 16.4. The summed E-state index contributed by atoms with van der Waals surface area (Å²) in [6, 6.07) is -1.94. The summed E-state index contributed by atoms with van der Waals surface area (Å²) in [6.45, 7) is 6.03. The molecule has 8 heteroatoms. The van der Waals surface area contributed by atoms with E-state index in [0.29, 0.717) is 0 Å². The van der Waals surface area contributed by atoms with E-state index in [1.54, 1.807) is 0 Å². The van der Waals surface area contributed by atoms with Gasteiger partial charge in [0.25, 0.3) is 5.91 Å². The number of carbonyl (C=O) groups excluding carboxylic acids is 3. The number of carboxylic acids is 1. The van der Waals surface area contributed by atoms with Gasteiger partial charge in [0.1, 0.15) is 18.1 Å². The van der Waals surface area contributed by atoms with Crippen LogP contribution >= 0.6 is 0 Å². The lowest BCUT2D eigenvalue weighted by atomic mass is 9.99. The molecule has 1 atom stereocenters. The second-order valence-electron chi connectivity index (χ2n) is 4.89. The molecule has 8 nitrogen and oxygen atoms in total. The van der Waals surface area contributed by atoms with E-state index in [0.717, 1.165) is 4.90 Å². The van der Waals surface area contributed by atoms with Gasteiger partial charge in [0.2, 0.25) is 5.91 Å². The van der Waals surface area contributed by atoms with Crippen LogP contribution in [0.15, 0.2) is 12.7 Å². The SMILES string of the molecule is C=CCC(NC(=O)N1CC(=O)NC(=O)C1(C)C)C(=O)O. The van der Waals surface area contributed by atoms with Gasteiger partial charge in [0.05, 0.1) is 0 Å². The number of amides is 4. The predicted octanol–water partition coefficient (Wildman–Crippen LogP) is -0.538. The number of nitrogens with zero attached hydrogens (tertiary/aromatic N) is 1. The van der Waals surface area contributed by atoms with Crippen LogP contribution in [0.25, 0.3) is 0 Å². The molecule has 1 saturated heterocycles. The Labute approximate surface area is 115 Å². The highest BCUT2D eigenvalue weighted by Crippen LogP contribution is 2.18. The predicted molar refractivity (Wildman–Crippen MR) is 68.7 cm³/mol. The lowest BCUT2D eigenvalue weighted by Crippen LogP contribution is -2.67. The molecule has 1 heterocycles. The number of hydrogen-bond donors (Lipinski definition) is 3. The van der Waals surface area contributed by atoms with E-state index in [1.165, 1.54) is 19.9 Å². The molecule has 1 aliphatic heterocycles. The molecule has 1 unspecified atom stereocenters. The van der Waals surface area contributed by atoms with Crippen LogP contribution in [0.3, 0.4) is 0 Å². The number of carboxylic acid groups (broad SMARTS) is 1. The molecule has 110 valence electrons. The van der Waals surface area contributed by atoms with E-state index in [9.17, 15) is 19.2 Å². The summed E-state index contributed by atoms with van der Waals surface area (Å²) in [7, 11) is 0. The fraction of sp³-hybridized carbons (Fsp3) is 0.500. The van der Waals surface area contributed by atoms with E-state index in [1.807, 2.05) is 0 Å². The minimum atomic E-state index is -1.24. The molecule has 0 aromatic carbocycles. The minimum absolute atomic E-state index is 0.0372. The van der Waals surface area contributed by atoms with Gasteiger partial charge in [-0.25, -0.2) is 9.59 Å². The van der Waals surface area contributed by atoms with Crippen LogP contribution in [0.2, 0.25) is 0 Å². The van der Waals surface area contributed by atoms with Gasteiger partial charge in [0.15, 0.2) is 0 Å². The van der Waals surface area contributed by atoms with Gasteiger partial charge in [-0.05, 0) is 20.3 Å². The van der Waals surface area contributed by atoms with Gasteiger partial charge < -0.3 is 15.3 Å². The Morgan fingerprint density at radius 3 is 2.65 bits per heavy atom. The van der Waals surface area contributed by atoms with E-state index >= 15 is 0 Å². The van der Waals surface area contributed by atoms with Crippen molar-refractivity contribution in [1.82, 2.24) is 15.5 Å². The molecule has 1 rings (SSSR count). The number of nitrogens with one attached hydrogen (secondary N) is 2. The van der Waals surface area contributed by atoms with Gasteiger partial charge in [0, 0.05) is 0 Å². The number of aliphatic carboxylic acids is 1. The molecule has 1 fully saturated rings. The Morgan fingerprint density at radius 2 is 2.15 bits per heavy atom. The highest BCUT2D eigenvalue weighted by molar-refractivity contribution is 6.06. The Balaban J connectivity index is 2.88. The molecule has 0 bridgehead atoms. The molecular formula is C12H17N3O5. The van der Waals surface area contributed by atoms with Crippen molar-refractivity contribution >= 4 is 23.8 Å². The molecule has 4 amide bonds. The zero-order valence-corrected chi connectivity index (χ0v) is 11.3. The Hall–Kier alpha value is -2.38. The van der Waals surface area contributed by atoms with Gasteiger partial charge >= 0.3 is 12.0 Å². The molecule has 0 aromatic rings. The first-order chi connectivity index (χ1) is 9.20. The first-order valence-electron chi connectivity index (χ1n) is 5.96. The zero-order chi connectivity index (χ0) is 15.5. The topological polar surface area (TPSA) is 116 Å². The molecular weight excluding hydrogens is 266 g/mol. The number of rotatable bonds is 4. The van der Waals surface area contributed by atoms with Gasteiger partial charge in [-0.15, -0.1) is 6.58 Å². The van der Waals surface area contributed by atoms with Crippen LogP contribution < -0.4 is 10.6 Å². The summed E-state index contributed by atoms with van der Waals surface area (Å²) >= 11 is 0. The quantitative estimate of drug-likeness (QED) is 0.473. The summed E-state index contributed by atoms with van der Waals surface area (Å²) in [4.78, 5) is 47.1. The molecule has 0 spiro atoms. The van der Waals surface area contributed by atoms with Crippen molar-refractivity contribution in [3.8, 4) is 0 Å². The molecule has 1 aliphatic rings. The lowest BCUT2D eigenvalue weighted by molar-refractivity contribution is -0.142. The van der Waals surface area contributed by atoms with Crippen molar-refractivity contribution in [2.45, 2.75) is 31.8 Å². The third-order valence-corrected chi connectivity index (χ3v) is 3.03. The molecule has 0 aromatic heterocycles. The standard InChI is InChI=1S/C12H17N3O5/c1-4-5-7(9(17)18)13-11(20)15-6-8(16)14-10(19)12(15,2)3/h4,7H,1,5-6H2,2-3H3,(H,13,20)(H,17,18)(H,14,16,19). The van der Waals surface area contributed by atoms with Crippen LogP contribution in [0.1, 0.15) is 20.3 Å². The number of hydrogen-bond acceptors (Lipinski definition) is 4. The second-order valence-corrected chi connectivity index (χ2v) is 4.89. The fourth-order valence-corrected chi connectivity index (χ4v) is 1.72.